The van der Waals surface area contributed by atoms with Crippen molar-refractivity contribution < 1.29 is 13.2 Å². The minimum Gasteiger partial charge on any atom is -0.368 e. The number of rotatable bonds is 3. The zero-order valence-electron chi connectivity index (χ0n) is 9.12. The van der Waals surface area contributed by atoms with Crippen LogP contribution in [0.3, 0.4) is 0 Å². The molecule has 92 valence electrons. The van der Waals surface area contributed by atoms with Crippen LogP contribution in [-0.2, 0) is 6.18 Å². The highest BCUT2D eigenvalue weighted by atomic mass is 19.4. The molecule has 0 saturated heterocycles. The Morgan fingerprint density at radius 2 is 2.18 bits per heavy atom. The summed E-state index contributed by atoms with van der Waals surface area (Å²) in [7, 11) is 0. The van der Waals surface area contributed by atoms with Gasteiger partial charge in [-0.15, -0.1) is 0 Å². The van der Waals surface area contributed by atoms with Crippen LogP contribution in [0.5, 0.6) is 0 Å². The molecule has 2 heterocycles. The number of nitrogens with zero attached hydrogens (tertiary/aromatic N) is 3. The van der Waals surface area contributed by atoms with E-state index in [4.69, 9.17) is 0 Å². The number of fused-ring (bicyclic) bond motifs is 1. The van der Waals surface area contributed by atoms with Crippen LogP contribution in [-0.4, -0.2) is 21.1 Å². The van der Waals surface area contributed by atoms with Crippen LogP contribution < -0.4 is 5.32 Å². The summed E-state index contributed by atoms with van der Waals surface area (Å²) in [6.45, 7) is 2.61. The number of hydrogen-bond acceptors (Lipinski definition) is 3. The topological polar surface area (TPSA) is 42.2 Å². The van der Waals surface area contributed by atoms with E-state index in [-0.39, 0.29) is 0 Å². The lowest BCUT2D eigenvalue weighted by Gasteiger charge is -2.04. The molecule has 0 saturated carbocycles. The van der Waals surface area contributed by atoms with Crippen molar-refractivity contribution in [3.63, 3.8) is 0 Å². The van der Waals surface area contributed by atoms with E-state index in [9.17, 15) is 13.2 Å². The van der Waals surface area contributed by atoms with Crippen LogP contribution in [0.1, 0.15) is 19.0 Å². The van der Waals surface area contributed by atoms with Crippen LogP contribution in [0.25, 0.3) is 5.52 Å². The monoisotopic (exact) mass is 244 g/mol. The average Bonchev–Trinajstić information content (AvgIpc) is 2.70. The maximum atomic E-state index is 12.5. The van der Waals surface area contributed by atoms with E-state index < -0.39 is 11.9 Å². The molecule has 1 N–H and O–H groups in total. The smallest absolute Gasteiger partial charge is 0.368 e. The minimum atomic E-state index is -4.44. The molecule has 2 aromatic heterocycles. The van der Waals surface area contributed by atoms with Crippen molar-refractivity contribution in [3.05, 3.63) is 24.2 Å². The molecule has 7 heteroatoms. The highest BCUT2D eigenvalue weighted by Crippen LogP contribution is 2.29. The molecule has 4 nitrogen and oxygen atoms in total. The summed E-state index contributed by atoms with van der Waals surface area (Å²) >= 11 is 0. The fourth-order valence-corrected chi connectivity index (χ4v) is 1.44. The van der Waals surface area contributed by atoms with E-state index in [1.165, 1.54) is 16.9 Å². The second-order valence-electron chi connectivity index (χ2n) is 3.56. The minimum absolute atomic E-state index is 0.327. The Morgan fingerprint density at radius 3 is 2.82 bits per heavy atom. The quantitative estimate of drug-likeness (QED) is 0.902. The first kappa shape index (κ1) is 11.7. The third-order valence-corrected chi connectivity index (χ3v) is 2.22. The van der Waals surface area contributed by atoms with Crippen molar-refractivity contribution in [1.29, 1.82) is 0 Å². The van der Waals surface area contributed by atoms with Crippen LogP contribution in [0.2, 0.25) is 0 Å². The van der Waals surface area contributed by atoms with Gasteiger partial charge < -0.3 is 5.32 Å². The van der Waals surface area contributed by atoms with Crippen molar-refractivity contribution in [3.8, 4) is 0 Å². The molecule has 0 aromatic carbocycles. The van der Waals surface area contributed by atoms with Crippen LogP contribution >= 0.6 is 0 Å². The van der Waals surface area contributed by atoms with E-state index in [2.05, 4.69) is 15.4 Å². The lowest BCUT2D eigenvalue weighted by atomic mass is 10.3. The number of nitrogens with one attached hydrogen (secondary N) is 1. The Bertz CT molecular complexity index is 518. The van der Waals surface area contributed by atoms with Crippen molar-refractivity contribution in [2.24, 2.45) is 0 Å². The fourth-order valence-electron chi connectivity index (χ4n) is 1.44. The van der Waals surface area contributed by atoms with Gasteiger partial charge in [-0.05, 0) is 6.42 Å². The Hall–Kier alpha value is -1.79. The molecular formula is C10H11F3N4. The standard InChI is InChI=1S/C10H11F3N4/c1-2-3-14-9-7-6-8(10(11,12)13)16-17(7)5-4-15-9/h4-6H,2-3H2,1H3,(H,14,15). The van der Waals surface area contributed by atoms with E-state index >= 15 is 0 Å². The summed E-state index contributed by atoms with van der Waals surface area (Å²) in [5.74, 6) is 0.414. The molecule has 0 aliphatic carbocycles. The Labute approximate surface area is 95.5 Å². The molecule has 0 amide bonds. The Kier molecular flexibility index (Phi) is 2.91. The Morgan fingerprint density at radius 1 is 1.41 bits per heavy atom. The number of aromatic nitrogens is 3. The molecule has 17 heavy (non-hydrogen) atoms. The highest BCUT2D eigenvalue weighted by molar-refractivity contribution is 5.67. The third-order valence-electron chi connectivity index (χ3n) is 2.22. The molecule has 0 bridgehead atoms. The summed E-state index contributed by atoms with van der Waals surface area (Å²) in [6.07, 6.45) is -0.767. The van der Waals surface area contributed by atoms with Gasteiger partial charge in [-0.3, -0.25) is 0 Å². The molecule has 2 rings (SSSR count). The first-order valence-corrected chi connectivity index (χ1v) is 5.18. The molecule has 0 spiro atoms. The molecule has 2 aromatic rings. The SMILES string of the molecule is CCCNc1nccn2nc(C(F)(F)F)cc12. The number of alkyl halides is 3. The lowest BCUT2D eigenvalue weighted by Crippen LogP contribution is -2.05. The summed E-state index contributed by atoms with van der Waals surface area (Å²) in [5.41, 5.74) is -0.585. The molecular weight excluding hydrogens is 233 g/mol. The van der Waals surface area contributed by atoms with Crippen LogP contribution in [0.15, 0.2) is 18.5 Å². The van der Waals surface area contributed by atoms with E-state index in [1.54, 1.807) is 0 Å². The first-order chi connectivity index (χ1) is 8.02. The van der Waals surface area contributed by atoms with Gasteiger partial charge in [-0.25, -0.2) is 9.50 Å². The van der Waals surface area contributed by atoms with E-state index in [0.29, 0.717) is 17.9 Å². The third kappa shape index (κ3) is 2.32. The predicted molar refractivity (Wildman–Crippen MR) is 56.8 cm³/mol. The second-order valence-corrected chi connectivity index (χ2v) is 3.56. The number of hydrogen-bond donors (Lipinski definition) is 1. The van der Waals surface area contributed by atoms with Gasteiger partial charge in [0.2, 0.25) is 0 Å². The normalized spacial score (nSPS) is 12.0. The highest BCUT2D eigenvalue weighted by Gasteiger charge is 2.34. The summed E-state index contributed by atoms with van der Waals surface area (Å²) in [4.78, 5) is 4.00. The van der Waals surface area contributed by atoms with Crippen LogP contribution in [0.4, 0.5) is 19.0 Å². The number of halogens is 3. The first-order valence-electron chi connectivity index (χ1n) is 5.18. The predicted octanol–water partition coefficient (Wildman–Crippen LogP) is 2.57. The van der Waals surface area contributed by atoms with E-state index in [1.807, 2.05) is 6.92 Å². The van der Waals surface area contributed by atoms with E-state index in [0.717, 1.165) is 12.5 Å². The summed E-state index contributed by atoms with van der Waals surface area (Å²) in [6, 6.07) is 0.991. The molecule has 0 fully saturated rings. The second kappa shape index (κ2) is 4.23. The maximum absolute atomic E-state index is 12.5. The molecule has 0 unspecified atom stereocenters. The lowest BCUT2D eigenvalue weighted by molar-refractivity contribution is -0.141. The van der Waals surface area contributed by atoms with Gasteiger partial charge >= 0.3 is 6.18 Å². The van der Waals surface area contributed by atoms with Gasteiger partial charge in [0.25, 0.3) is 0 Å². The zero-order valence-corrected chi connectivity index (χ0v) is 9.12. The van der Waals surface area contributed by atoms with Gasteiger partial charge in [0.15, 0.2) is 11.5 Å². The van der Waals surface area contributed by atoms with Gasteiger partial charge in [0, 0.05) is 25.0 Å². The molecule has 0 radical (unpaired) electrons. The van der Waals surface area contributed by atoms with Crippen molar-refractivity contribution >= 4 is 11.3 Å². The molecule has 0 aliphatic rings. The number of anilines is 1. The largest absolute Gasteiger partial charge is 0.435 e. The van der Waals surface area contributed by atoms with Gasteiger partial charge in [0.05, 0.1) is 0 Å². The van der Waals surface area contributed by atoms with Crippen molar-refractivity contribution in [2.45, 2.75) is 19.5 Å². The summed E-state index contributed by atoms with van der Waals surface area (Å²) in [5, 5.41) is 6.43. The van der Waals surface area contributed by atoms with Crippen LogP contribution in [0, 0.1) is 0 Å². The summed E-state index contributed by atoms with van der Waals surface area (Å²) < 4.78 is 38.7. The zero-order chi connectivity index (χ0) is 12.5. The molecule has 0 aliphatic heterocycles. The van der Waals surface area contributed by atoms with Gasteiger partial charge in [-0.2, -0.15) is 18.3 Å². The van der Waals surface area contributed by atoms with Gasteiger partial charge in [-0.1, -0.05) is 6.92 Å². The van der Waals surface area contributed by atoms with Gasteiger partial charge in [0.1, 0.15) is 5.52 Å². The maximum Gasteiger partial charge on any atom is 0.435 e. The fraction of sp³-hybridized carbons (Fsp3) is 0.400. The Balaban J connectivity index is 2.45. The average molecular weight is 244 g/mol. The van der Waals surface area contributed by atoms with Crippen molar-refractivity contribution in [1.82, 2.24) is 14.6 Å². The van der Waals surface area contributed by atoms with Crippen molar-refractivity contribution in [2.75, 3.05) is 11.9 Å². The molecule has 0 atom stereocenters.